The monoisotopic (exact) mass is 295 g/mol. The number of nitrogens with one attached hydrogen (secondary N) is 1. The maximum atomic E-state index is 6.26. The minimum atomic E-state index is 0.670. The molecule has 19 heavy (non-hydrogen) atoms. The molecule has 1 aromatic carbocycles. The lowest BCUT2D eigenvalue weighted by Crippen LogP contribution is -2.44. The van der Waals surface area contributed by atoms with Gasteiger partial charge in [0.2, 0.25) is 0 Å². The van der Waals surface area contributed by atoms with E-state index < -0.39 is 0 Å². The van der Waals surface area contributed by atoms with E-state index in [-0.39, 0.29) is 0 Å². The number of hydrogen-bond acceptors (Lipinski definition) is 2. The van der Waals surface area contributed by atoms with E-state index in [1.807, 2.05) is 23.9 Å². The van der Waals surface area contributed by atoms with Crippen molar-refractivity contribution >= 4 is 23.4 Å². The summed E-state index contributed by atoms with van der Waals surface area (Å²) in [6.45, 7) is 0. The van der Waals surface area contributed by atoms with Crippen molar-refractivity contribution in [3.05, 3.63) is 34.9 Å². The number of thioether (sulfide) groups is 1. The molecule has 2 fully saturated rings. The second-order valence-electron chi connectivity index (χ2n) is 5.92. The first-order valence-electron chi connectivity index (χ1n) is 7.29. The minimum absolute atomic E-state index is 0.670. The van der Waals surface area contributed by atoms with Crippen LogP contribution in [-0.4, -0.2) is 23.6 Å². The van der Waals surface area contributed by atoms with Gasteiger partial charge in [0.25, 0.3) is 0 Å². The molecule has 2 aliphatic rings. The van der Waals surface area contributed by atoms with Crippen LogP contribution >= 0.6 is 23.4 Å². The number of benzene rings is 1. The quantitative estimate of drug-likeness (QED) is 0.880. The SMILES string of the molecule is CSC1CCC(NC2CC(c3ccccc3Cl)C2)C1. The van der Waals surface area contributed by atoms with E-state index in [1.54, 1.807) is 0 Å². The van der Waals surface area contributed by atoms with Crippen LogP contribution in [0, 0.1) is 0 Å². The number of halogens is 1. The summed E-state index contributed by atoms with van der Waals surface area (Å²) in [6, 6.07) is 9.78. The first-order chi connectivity index (χ1) is 9.26. The van der Waals surface area contributed by atoms with Crippen LogP contribution in [0.1, 0.15) is 43.6 Å². The molecule has 0 heterocycles. The Balaban J connectivity index is 1.47. The molecular weight excluding hydrogens is 274 g/mol. The summed E-state index contributed by atoms with van der Waals surface area (Å²) in [5.74, 6) is 0.670. The molecule has 0 aromatic heterocycles. The first kappa shape index (κ1) is 13.8. The first-order valence-corrected chi connectivity index (χ1v) is 8.96. The zero-order valence-corrected chi connectivity index (χ0v) is 13.0. The lowest BCUT2D eigenvalue weighted by molar-refractivity contribution is 0.265. The van der Waals surface area contributed by atoms with E-state index in [9.17, 15) is 0 Å². The van der Waals surface area contributed by atoms with E-state index in [0.29, 0.717) is 12.0 Å². The fourth-order valence-corrected chi connectivity index (χ4v) is 4.54. The van der Waals surface area contributed by atoms with Gasteiger partial charge in [-0.25, -0.2) is 0 Å². The van der Waals surface area contributed by atoms with Gasteiger partial charge in [0.1, 0.15) is 0 Å². The van der Waals surface area contributed by atoms with Crippen molar-refractivity contribution in [2.75, 3.05) is 6.26 Å². The van der Waals surface area contributed by atoms with Crippen molar-refractivity contribution in [2.45, 2.75) is 55.4 Å². The molecule has 0 aliphatic heterocycles. The topological polar surface area (TPSA) is 12.0 Å². The molecule has 3 heteroatoms. The molecule has 2 aliphatic carbocycles. The van der Waals surface area contributed by atoms with Gasteiger partial charge in [-0.3, -0.25) is 0 Å². The minimum Gasteiger partial charge on any atom is -0.311 e. The van der Waals surface area contributed by atoms with Crippen molar-refractivity contribution in [3.8, 4) is 0 Å². The van der Waals surface area contributed by atoms with Crippen LogP contribution in [-0.2, 0) is 0 Å². The molecule has 1 aromatic rings. The fraction of sp³-hybridized carbons (Fsp3) is 0.625. The lowest BCUT2D eigenvalue weighted by Gasteiger charge is -2.38. The summed E-state index contributed by atoms with van der Waals surface area (Å²) < 4.78 is 0. The summed E-state index contributed by atoms with van der Waals surface area (Å²) >= 11 is 8.30. The van der Waals surface area contributed by atoms with Crippen molar-refractivity contribution in [1.82, 2.24) is 5.32 Å². The molecule has 2 saturated carbocycles. The zero-order chi connectivity index (χ0) is 13.2. The van der Waals surface area contributed by atoms with Crippen LogP contribution in [0.25, 0.3) is 0 Å². The van der Waals surface area contributed by atoms with Crippen molar-refractivity contribution < 1.29 is 0 Å². The van der Waals surface area contributed by atoms with E-state index in [1.165, 1.54) is 37.7 Å². The van der Waals surface area contributed by atoms with Gasteiger partial charge in [-0.2, -0.15) is 11.8 Å². The molecule has 1 N–H and O–H groups in total. The molecule has 0 spiro atoms. The van der Waals surface area contributed by atoms with Gasteiger partial charge in [-0.1, -0.05) is 29.8 Å². The molecule has 2 atom stereocenters. The maximum absolute atomic E-state index is 6.26. The van der Waals surface area contributed by atoms with Gasteiger partial charge in [-0.15, -0.1) is 0 Å². The van der Waals surface area contributed by atoms with Crippen LogP contribution < -0.4 is 5.32 Å². The van der Waals surface area contributed by atoms with Crippen LogP contribution in [0.5, 0.6) is 0 Å². The fourth-order valence-electron chi connectivity index (χ4n) is 3.45. The second kappa shape index (κ2) is 6.07. The van der Waals surface area contributed by atoms with Crippen LogP contribution in [0.3, 0.4) is 0 Å². The highest BCUT2D eigenvalue weighted by Crippen LogP contribution is 2.41. The van der Waals surface area contributed by atoms with Gasteiger partial charge < -0.3 is 5.32 Å². The molecule has 1 nitrogen and oxygen atoms in total. The van der Waals surface area contributed by atoms with Gasteiger partial charge in [-0.05, 0) is 55.9 Å². The Hall–Kier alpha value is -0.180. The highest BCUT2D eigenvalue weighted by Gasteiger charge is 2.34. The van der Waals surface area contributed by atoms with Crippen molar-refractivity contribution in [1.29, 1.82) is 0 Å². The Kier molecular flexibility index (Phi) is 4.40. The smallest absolute Gasteiger partial charge is 0.0440 e. The highest BCUT2D eigenvalue weighted by molar-refractivity contribution is 7.99. The Morgan fingerprint density at radius 3 is 2.58 bits per heavy atom. The van der Waals surface area contributed by atoms with E-state index in [0.717, 1.165) is 16.3 Å². The molecule has 0 radical (unpaired) electrons. The van der Waals surface area contributed by atoms with Gasteiger partial charge in [0, 0.05) is 22.4 Å². The summed E-state index contributed by atoms with van der Waals surface area (Å²) in [5, 5.41) is 5.67. The maximum Gasteiger partial charge on any atom is 0.0440 e. The van der Waals surface area contributed by atoms with Gasteiger partial charge >= 0.3 is 0 Å². The van der Waals surface area contributed by atoms with Crippen molar-refractivity contribution in [3.63, 3.8) is 0 Å². The molecule has 104 valence electrons. The number of hydrogen-bond donors (Lipinski definition) is 1. The van der Waals surface area contributed by atoms with E-state index in [2.05, 4.69) is 23.7 Å². The van der Waals surface area contributed by atoms with Gasteiger partial charge in [0.15, 0.2) is 0 Å². The lowest BCUT2D eigenvalue weighted by atomic mass is 9.75. The Morgan fingerprint density at radius 2 is 1.89 bits per heavy atom. The third-order valence-electron chi connectivity index (χ3n) is 4.67. The summed E-state index contributed by atoms with van der Waals surface area (Å²) in [5.41, 5.74) is 1.34. The normalized spacial score (nSPS) is 34.2. The van der Waals surface area contributed by atoms with E-state index >= 15 is 0 Å². The van der Waals surface area contributed by atoms with Gasteiger partial charge in [0.05, 0.1) is 0 Å². The predicted molar refractivity (Wildman–Crippen MR) is 85.3 cm³/mol. The molecule has 0 amide bonds. The molecule has 3 rings (SSSR count). The predicted octanol–water partition coefficient (Wildman–Crippen LogP) is 4.46. The standard InChI is InChI=1S/C16H22ClNS/c1-19-14-7-6-12(10-14)18-13-8-11(9-13)15-4-2-3-5-16(15)17/h2-5,11-14,18H,6-10H2,1H3. The van der Waals surface area contributed by atoms with Crippen molar-refractivity contribution in [2.24, 2.45) is 0 Å². The Bertz CT molecular complexity index is 431. The molecular formula is C16H22ClNS. The third-order valence-corrected chi connectivity index (χ3v) is 6.11. The molecule has 0 bridgehead atoms. The average molecular weight is 296 g/mol. The Morgan fingerprint density at radius 1 is 1.11 bits per heavy atom. The van der Waals surface area contributed by atoms with Crippen LogP contribution in [0.4, 0.5) is 0 Å². The largest absolute Gasteiger partial charge is 0.311 e. The third kappa shape index (κ3) is 3.12. The molecule has 2 unspecified atom stereocenters. The second-order valence-corrected chi connectivity index (χ2v) is 7.47. The molecule has 0 saturated heterocycles. The van der Waals surface area contributed by atoms with Crippen LogP contribution in [0.2, 0.25) is 5.02 Å². The summed E-state index contributed by atoms with van der Waals surface area (Å²) in [4.78, 5) is 0. The highest BCUT2D eigenvalue weighted by atomic mass is 35.5. The summed E-state index contributed by atoms with van der Waals surface area (Å²) in [6.07, 6.45) is 8.85. The average Bonchev–Trinajstić information content (AvgIpc) is 2.82. The summed E-state index contributed by atoms with van der Waals surface area (Å²) in [7, 11) is 0. The Labute approximate surface area is 125 Å². The number of rotatable bonds is 4. The van der Waals surface area contributed by atoms with E-state index in [4.69, 9.17) is 11.6 Å². The van der Waals surface area contributed by atoms with Crippen LogP contribution in [0.15, 0.2) is 24.3 Å². The zero-order valence-electron chi connectivity index (χ0n) is 11.4.